The Bertz CT molecular complexity index is 989. The molecule has 0 aliphatic heterocycles. The monoisotopic (exact) mass is 342 g/mol. The van der Waals surface area contributed by atoms with Gasteiger partial charge in [0.05, 0.1) is 0 Å². The van der Waals surface area contributed by atoms with Gasteiger partial charge in [-0.25, -0.2) is 4.98 Å². The molecule has 0 spiro atoms. The van der Waals surface area contributed by atoms with Gasteiger partial charge in [0, 0.05) is 24.7 Å². The topological polar surface area (TPSA) is 94.2 Å². The number of benzene rings is 1. The zero-order valence-corrected chi connectivity index (χ0v) is 13.9. The summed E-state index contributed by atoms with van der Waals surface area (Å²) in [5.74, 6) is -0.192. The van der Waals surface area contributed by atoms with Crippen molar-refractivity contribution in [2.75, 3.05) is 5.32 Å². The van der Waals surface area contributed by atoms with Crippen molar-refractivity contribution in [1.29, 1.82) is 0 Å². The SMILES string of the molecule is CCC(=O)C(=O)Nc1ccc(-c2nc3ncn(C)c(=S)n3n2)cc1. The van der Waals surface area contributed by atoms with E-state index >= 15 is 0 Å². The Morgan fingerprint density at radius 3 is 2.62 bits per heavy atom. The van der Waals surface area contributed by atoms with E-state index in [1.807, 2.05) is 0 Å². The van der Waals surface area contributed by atoms with Gasteiger partial charge in [-0.05, 0) is 36.5 Å². The number of nitrogens with zero attached hydrogens (tertiary/aromatic N) is 5. The molecule has 0 fully saturated rings. The smallest absolute Gasteiger partial charge is 0.291 e. The van der Waals surface area contributed by atoms with Crippen molar-refractivity contribution in [3.63, 3.8) is 0 Å². The van der Waals surface area contributed by atoms with Crippen LogP contribution in [-0.2, 0) is 16.6 Å². The molecule has 8 nitrogen and oxygen atoms in total. The van der Waals surface area contributed by atoms with Crippen molar-refractivity contribution in [3.8, 4) is 11.4 Å². The molecule has 3 rings (SSSR count). The summed E-state index contributed by atoms with van der Waals surface area (Å²) in [4.78, 5) is 31.4. The van der Waals surface area contributed by atoms with Crippen LogP contribution in [0.15, 0.2) is 30.6 Å². The molecule has 0 radical (unpaired) electrons. The molecule has 2 heterocycles. The maximum Gasteiger partial charge on any atom is 0.291 e. The fourth-order valence-electron chi connectivity index (χ4n) is 2.04. The number of rotatable bonds is 4. The van der Waals surface area contributed by atoms with Crippen LogP contribution in [0.1, 0.15) is 13.3 Å². The maximum absolute atomic E-state index is 11.6. The molecule has 1 N–H and O–H groups in total. The molecule has 0 aliphatic carbocycles. The minimum absolute atomic E-state index is 0.170. The summed E-state index contributed by atoms with van der Waals surface area (Å²) in [7, 11) is 1.78. The summed E-state index contributed by atoms with van der Waals surface area (Å²) in [6.45, 7) is 1.64. The normalized spacial score (nSPS) is 10.8. The minimum Gasteiger partial charge on any atom is -0.319 e. The van der Waals surface area contributed by atoms with Gasteiger partial charge in [-0.1, -0.05) is 6.92 Å². The largest absolute Gasteiger partial charge is 0.319 e. The lowest BCUT2D eigenvalue weighted by Crippen LogP contribution is -2.21. The van der Waals surface area contributed by atoms with E-state index in [2.05, 4.69) is 20.4 Å². The van der Waals surface area contributed by atoms with Gasteiger partial charge in [0.1, 0.15) is 6.33 Å². The summed E-state index contributed by atoms with van der Waals surface area (Å²) in [6, 6.07) is 6.88. The summed E-state index contributed by atoms with van der Waals surface area (Å²) in [5.41, 5.74) is 1.28. The van der Waals surface area contributed by atoms with Crippen LogP contribution in [0.4, 0.5) is 5.69 Å². The number of fused-ring (bicyclic) bond motifs is 1. The highest BCUT2D eigenvalue weighted by atomic mass is 32.1. The molecule has 0 saturated carbocycles. The second kappa shape index (κ2) is 6.28. The zero-order chi connectivity index (χ0) is 17.3. The lowest BCUT2D eigenvalue weighted by Gasteiger charge is -2.03. The molecular weight excluding hydrogens is 328 g/mol. The van der Waals surface area contributed by atoms with Crippen molar-refractivity contribution >= 4 is 35.4 Å². The number of ketones is 1. The highest BCUT2D eigenvalue weighted by Crippen LogP contribution is 2.18. The number of aromatic nitrogens is 5. The number of aryl methyl sites for hydroxylation is 1. The van der Waals surface area contributed by atoms with Crippen LogP contribution < -0.4 is 5.32 Å². The average Bonchev–Trinajstić information content (AvgIpc) is 3.03. The van der Waals surface area contributed by atoms with Gasteiger partial charge >= 0.3 is 0 Å². The summed E-state index contributed by atoms with van der Waals surface area (Å²) < 4.78 is 3.64. The molecule has 0 saturated heterocycles. The van der Waals surface area contributed by atoms with Crippen molar-refractivity contribution in [1.82, 2.24) is 24.1 Å². The number of hydrogen-bond donors (Lipinski definition) is 1. The number of amides is 1. The molecule has 1 aromatic carbocycles. The zero-order valence-electron chi connectivity index (χ0n) is 13.1. The van der Waals surface area contributed by atoms with Gasteiger partial charge in [0.2, 0.25) is 10.6 Å². The van der Waals surface area contributed by atoms with Crippen molar-refractivity contribution < 1.29 is 9.59 Å². The Kier molecular flexibility index (Phi) is 4.17. The lowest BCUT2D eigenvalue weighted by atomic mass is 10.2. The molecule has 9 heteroatoms. The number of carbonyl (C=O) groups is 2. The standard InChI is InChI=1S/C15H14N6O2S/c1-3-11(22)13(23)17-10-6-4-9(5-7-10)12-18-14-16-8-20(2)15(24)21(14)19-12/h4-8H,3H2,1-2H3,(H,17,23). The molecule has 1 amide bonds. The number of Topliss-reactive ketones (excluding diaryl/α,β-unsaturated/α-hetero) is 1. The van der Waals surface area contributed by atoms with Gasteiger partial charge < -0.3 is 9.88 Å². The third-order valence-electron chi connectivity index (χ3n) is 3.39. The van der Waals surface area contributed by atoms with E-state index in [1.54, 1.807) is 49.1 Å². The number of carbonyl (C=O) groups excluding carboxylic acids is 2. The molecule has 24 heavy (non-hydrogen) atoms. The van der Waals surface area contributed by atoms with E-state index in [0.29, 0.717) is 22.1 Å². The third kappa shape index (κ3) is 2.93. The second-order valence-corrected chi connectivity index (χ2v) is 5.46. The Balaban J connectivity index is 1.88. The lowest BCUT2D eigenvalue weighted by molar-refractivity contribution is -0.134. The summed E-state index contributed by atoms with van der Waals surface area (Å²) in [5, 5.41) is 6.90. The van der Waals surface area contributed by atoms with Gasteiger partial charge in [0.15, 0.2) is 5.82 Å². The van der Waals surface area contributed by atoms with Gasteiger partial charge in [-0.2, -0.15) is 9.50 Å². The maximum atomic E-state index is 11.6. The van der Waals surface area contributed by atoms with Crippen LogP contribution >= 0.6 is 12.2 Å². The molecule has 2 aromatic heterocycles. The highest BCUT2D eigenvalue weighted by Gasteiger charge is 2.12. The van der Waals surface area contributed by atoms with Gasteiger partial charge in [-0.3, -0.25) is 9.59 Å². The van der Waals surface area contributed by atoms with Gasteiger partial charge in [0.25, 0.3) is 11.7 Å². The summed E-state index contributed by atoms with van der Waals surface area (Å²) in [6.07, 6.45) is 1.75. The second-order valence-electron chi connectivity index (χ2n) is 5.09. The molecule has 0 atom stereocenters. The van der Waals surface area contributed by atoms with Gasteiger partial charge in [-0.15, -0.1) is 5.10 Å². The molecule has 0 aliphatic rings. The first-order chi connectivity index (χ1) is 11.5. The minimum atomic E-state index is -0.622. The molecule has 3 aromatic rings. The Morgan fingerprint density at radius 2 is 1.96 bits per heavy atom. The number of nitrogens with one attached hydrogen (secondary N) is 1. The van der Waals surface area contributed by atoms with Crippen LogP contribution in [0.5, 0.6) is 0 Å². The number of hydrogen-bond acceptors (Lipinski definition) is 6. The van der Waals surface area contributed by atoms with E-state index < -0.39 is 11.7 Å². The third-order valence-corrected chi connectivity index (χ3v) is 3.86. The van der Waals surface area contributed by atoms with Crippen LogP contribution in [-0.4, -0.2) is 35.8 Å². The van der Waals surface area contributed by atoms with E-state index in [1.165, 1.54) is 4.52 Å². The molecular formula is C15H14N6O2S. The molecule has 0 bridgehead atoms. The predicted molar refractivity (Wildman–Crippen MR) is 90.0 cm³/mol. The van der Waals surface area contributed by atoms with Crippen molar-refractivity contribution in [3.05, 3.63) is 35.4 Å². The van der Waals surface area contributed by atoms with E-state index in [4.69, 9.17) is 12.2 Å². The van der Waals surface area contributed by atoms with E-state index in [-0.39, 0.29) is 6.42 Å². The fourth-order valence-corrected chi connectivity index (χ4v) is 2.21. The molecule has 122 valence electrons. The Hall–Kier alpha value is -2.94. The first-order valence-electron chi connectivity index (χ1n) is 7.22. The Morgan fingerprint density at radius 1 is 1.25 bits per heavy atom. The number of anilines is 1. The van der Waals surface area contributed by atoms with Crippen molar-refractivity contribution in [2.45, 2.75) is 13.3 Å². The quantitative estimate of drug-likeness (QED) is 0.574. The van der Waals surface area contributed by atoms with E-state index in [0.717, 1.165) is 5.56 Å². The Labute approximate surface area is 142 Å². The predicted octanol–water partition coefficient (Wildman–Crippen LogP) is 1.78. The molecule has 0 unspecified atom stereocenters. The fraction of sp³-hybridized carbons (Fsp3) is 0.200. The van der Waals surface area contributed by atoms with Crippen molar-refractivity contribution in [2.24, 2.45) is 7.05 Å². The van der Waals surface area contributed by atoms with Crippen LogP contribution in [0.2, 0.25) is 0 Å². The van der Waals surface area contributed by atoms with E-state index in [9.17, 15) is 9.59 Å². The first-order valence-corrected chi connectivity index (χ1v) is 7.63. The van der Waals surface area contributed by atoms with Crippen LogP contribution in [0.25, 0.3) is 17.2 Å². The van der Waals surface area contributed by atoms with Crippen LogP contribution in [0.3, 0.4) is 0 Å². The average molecular weight is 342 g/mol. The first kappa shape index (κ1) is 15.9. The highest BCUT2D eigenvalue weighted by molar-refractivity contribution is 7.71. The summed E-state index contributed by atoms with van der Waals surface area (Å²) >= 11 is 5.27. The van der Waals surface area contributed by atoms with Crippen LogP contribution in [0, 0.1) is 4.77 Å².